The molecule has 0 aromatic heterocycles. The lowest BCUT2D eigenvalue weighted by Gasteiger charge is -2.18. The first-order valence-corrected chi connectivity index (χ1v) is 7.37. The zero-order chi connectivity index (χ0) is 16.8. The Labute approximate surface area is 136 Å². The van der Waals surface area contributed by atoms with E-state index < -0.39 is 0 Å². The van der Waals surface area contributed by atoms with Crippen LogP contribution in [0.15, 0.2) is 36.4 Å². The molecule has 2 rings (SSSR count). The van der Waals surface area contributed by atoms with Gasteiger partial charge in [-0.3, -0.25) is 0 Å². The van der Waals surface area contributed by atoms with Crippen LogP contribution in [0.4, 0.5) is 4.39 Å². The summed E-state index contributed by atoms with van der Waals surface area (Å²) in [6.07, 6.45) is 0.628. The number of hydrogen-bond acceptors (Lipinski definition) is 4. The molecule has 2 aromatic carbocycles. The maximum Gasteiger partial charge on any atom is 0.165 e. The summed E-state index contributed by atoms with van der Waals surface area (Å²) in [5.74, 6) is 1.32. The molecule has 0 spiro atoms. The molecule has 1 unspecified atom stereocenters. The second-order valence-corrected chi connectivity index (χ2v) is 5.21. The van der Waals surface area contributed by atoms with Gasteiger partial charge in [-0.2, -0.15) is 0 Å². The summed E-state index contributed by atoms with van der Waals surface area (Å²) in [5.41, 5.74) is 7.71. The largest absolute Gasteiger partial charge is 0.497 e. The average Bonchev–Trinajstić information content (AvgIpc) is 2.59. The minimum Gasteiger partial charge on any atom is -0.497 e. The van der Waals surface area contributed by atoms with Crippen LogP contribution in [-0.2, 0) is 6.42 Å². The lowest BCUT2D eigenvalue weighted by Crippen LogP contribution is -2.16. The molecule has 0 bridgehead atoms. The number of ether oxygens (including phenoxy) is 3. The highest BCUT2D eigenvalue weighted by molar-refractivity contribution is 5.42. The van der Waals surface area contributed by atoms with Gasteiger partial charge in [0.25, 0.3) is 0 Å². The zero-order valence-electron chi connectivity index (χ0n) is 13.6. The summed E-state index contributed by atoms with van der Waals surface area (Å²) in [5, 5.41) is 0. The predicted molar refractivity (Wildman–Crippen MR) is 88.0 cm³/mol. The summed E-state index contributed by atoms with van der Waals surface area (Å²) < 4.78 is 29.6. The van der Waals surface area contributed by atoms with E-state index in [2.05, 4.69) is 0 Å². The van der Waals surface area contributed by atoms with Crippen LogP contribution in [0.2, 0.25) is 0 Å². The summed E-state index contributed by atoms with van der Waals surface area (Å²) >= 11 is 0. The zero-order valence-corrected chi connectivity index (χ0v) is 13.6. The second-order valence-electron chi connectivity index (χ2n) is 5.21. The van der Waals surface area contributed by atoms with Crippen molar-refractivity contribution in [3.63, 3.8) is 0 Å². The third-order valence-electron chi connectivity index (χ3n) is 3.89. The summed E-state index contributed by atoms with van der Waals surface area (Å²) in [4.78, 5) is 0. The van der Waals surface area contributed by atoms with Gasteiger partial charge < -0.3 is 19.9 Å². The van der Waals surface area contributed by atoms with Crippen LogP contribution in [0, 0.1) is 5.82 Å². The monoisotopic (exact) mass is 319 g/mol. The standard InChI is InChI=1S/C18H22FNO3/c1-21-15-5-7-17(22-2)13(9-15)8-14(11-20)12-4-6-18(23-3)16(19)10-12/h4-7,9-10,14H,8,11,20H2,1-3H3. The van der Waals surface area contributed by atoms with Gasteiger partial charge in [0.1, 0.15) is 11.5 Å². The number of hydrogen-bond donors (Lipinski definition) is 1. The van der Waals surface area contributed by atoms with Crippen LogP contribution in [0.3, 0.4) is 0 Å². The highest BCUT2D eigenvalue weighted by atomic mass is 19.1. The highest BCUT2D eigenvalue weighted by Gasteiger charge is 2.16. The van der Waals surface area contributed by atoms with Crippen molar-refractivity contribution in [1.82, 2.24) is 0 Å². The minimum absolute atomic E-state index is 0.0311. The van der Waals surface area contributed by atoms with Crippen molar-refractivity contribution in [3.8, 4) is 17.2 Å². The Morgan fingerprint density at radius 3 is 2.22 bits per heavy atom. The normalized spacial score (nSPS) is 11.9. The van der Waals surface area contributed by atoms with E-state index in [-0.39, 0.29) is 17.5 Å². The molecule has 0 heterocycles. The number of benzene rings is 2. The van der Waals surface area contributed by atoms with Crippen LogP contribution in [0.5, 0.6) is 17.2 Å². The number of halogens is 1. The summed E-state index contributed by atoms with van der Waals surface area (Å²) in [7, 11) is 4.68. The maximum atomic E-state index is 13.9. The summed E-state index contributed by atoms with van der Waals surface area (Å²) in [6.45, 7) is 0.395. The van der Waals surface area contributed by atoms with E-state index in [0.29, 0.717) is 13.0 Å². The molecule has 124 valence electrons. The van der Waals surface area contributed by atoms with Gasteiger partial charge in [0.15, 0.2) is 11.6 Å². The second kappa shape index (κ2) is 7.83. The number of nitrogens with two attached hydrogens (primary N) is 1. The molecule has 0 saturated carbocycles. The Balaban J connectivity index is 2.30. The van der Waals surface area contributed by atoms with Crippen molar-refractivity contribution >= 4 is 0 Å². The van der Waals surface area contributed by atoms with Gasteiger partial charge in [0.05, 0.1) is 21.3 Å². The van der Waals surface area contributed by atoms with E-state index in [9.17, 15) is 4.39 Å². The van der Waals surface area contributed by atoms with Gasteiger partial charge in [-0.25, -0.2) is 4.39 Å². The van der Waals surface area contributed by atoms with Gasteiger partial charge in [0, 0.05) is 5.92 Å². The SMILES string of the molecule is COc1ccc(OC)c(CC(CN)c2ccc(OC)c(F)c2)c1. The van der Waals surface area contributed by atoms with Crippen LogP contribution in [0.25, 0.3) is 0 Å². The van der Waals surface area contributed by atoms with Gasteiger partial charge in [-0.1, -0.05) is 6.07 Å². The molecule has 2 N–H and O–H groups in total. The summed E-state index contributed by atoms with van der Waals surface area (Å²) in [6, 6.07) is 10.6. The average molecular weight is 319 g/mol. The van der Waals surface area contributed by atoms with Crippen molar-refractivity contribution in [3.05, 3.63) is 53.3 Å². The van der Waals surface area contributed by atoms with E-state index >= 15 is 0 Å². The van der Waals surface area contributed by atoms with Crippen LogP contribution < -0.4 is 19.9 Å². The molecule has 4 nitrogen and oxygen atoms in total. The highest BCUT2D eigenvalue weighted by Crippen LogP contribution is 2.30. The van der Waals surface area contributed by atoms with Crippen molar-refractivity contribution in [2.24, 2.45) is 5.73 Å². The van der Waals surface area contributed by atoms with Gasteiger partial charge in [-0.15, -0.1) is 0 Å². The molecule has 0 aliphatic heterocycles. The number of methoxy groups -OCH3 is 3. The van der Waals surface area contributed by atoms with Crippen LogP contribution >= 0.6 is 0 Å². The van der Waals surface area contributed by atoms with E-state index in [1.54, 1.807) is 20.3 Å². The fourth-order valence-electron chi connectivity index (χ4n) is 2.58. The van der Waals surface area contributed by atoms with Crippen molar-refractivity contribution in [2.45, 2.75) is 12.3 Å². The first kappa shape index (κ1) is 17.1. The van der Waals surface area contributed by atoms with E-state index in [1.165, 1.54) is 13.2 Å². The number of rotatable bonds is 7. The third-order valence-corrected chi connectivity index (χ3v) is 3.89. The van der Waals surface area contributed by atoms with E-state index in [0.717, 1.165) is 22.6 Å². The smallest absolute Gasteiger partial charge is 0.165 e. The van der Waals surface area contributed by atoms with Crippen LogP contribution in [0.1, 0.15) is 17.0 Å². The molecule has 0 aliphatic rings. The maximum absolute atomic E-state index is 13.9. The Morgan fingerprint density at radius 1 is 0.957 bits per heavy atom. The molecule has 2 aromatic rings. The predicted octanol–water partition coefficient (Wildman–Crippen LogP) is 3.14. The lowest BCUT2D eigenvalue weighted by atomic mass is 9.91. The molecule has 0 aliphatic carbocycles. The molecular formula is C18H22FNO3. The molecule has 0 fully saturated rings. The molecule has 0 amide bonds. The van der Waals surface area contributed by atoms with Gasteiger partial charge in [-0.05, 0) is 54.4 Å². The quantitative estimate of drug-likeness (QED) is 0.852. The molecule has 5 heteroatoms. The first-order valence-electron chi connectivity index (χ1n) is 7.37. The topological polar surface area (TPSA) is 53.7 Å². The fraction of sp³-hybridized carbons (Fsp3) is 0.333. The van der Waals surface area contributed by atoms with Crippen molar-refractivity contribution in [2.75, 3.05) is 27.9 Å². The Hall–Kier alpha value is -2.27. The van der Waals surface area contributed by atoms with E-state index in [1.807, 2.05) is 24.3 Å². The van der Waals surface area contributed by atoms with Gasteiger partial charge >= 0.3 is 0 Å². The fourth-order valence-corrected chi connectivity index (χ4v) is 2.58. The molecule has 1 atom stereocenters. The van der Waals surface area contributed by atoms with Crippen LogP contribution in [-0.4, -0.2) is 27.9 Å². The molecule has 23 heavy (non-hydrogen) atoms. The van der Waals surface area contributed by atoms with E-state index in [4.69, 9.17) is 19.9 Å². The Morgan fingerprint density at radius 2 is 1.65 bits per heavy atom. The molecule has 0 radical (unpaired) electrons. The third kappa shape index (κ3) is 3.93. The first-order chi connectivity index (χ1) is 11.1. The molecular weight excluding hydrogens is 297 g/mol. The lowest BCUT2D eigenvalue weighted by molar-refractivity contribution is 0.385. The Bertz CT molecular complexity index is 661. The van der Waals surface area contributed by atoms with Gasteiger partial charge in [0.2, 0.25) is 0 Å². The van der Waals surface area contributed by atoms with Crippen molar-refractivity contribution < 1.29 is 18.6 Å². The molecule has 0 saturated heterocycles. The van der Waals surface area contributed by atoms with Crippen molar-refractivity contribution in [1.29, 1.82) is 0 Å². The minimum atomic E-state index is -0.388. The Kier molecular flexibility index (Phi) is 5.82.